The zero-order valence-electron chi connectivity index (χ0n) is 35.8. The number of aryl methyl sites for hydroxylation is 2. The first kappa shape index (κ1) is 40.1. The standard InChI is InChI=1S/C59H37F3N4/c1-36-11-16-39(17-12-36)41-21-27-56-51(31-41)47-7-3-5-9-53(47)65(56)55-26-15-38(34-63)29-50(55)49-24-20-43(46-25-23-45(59(60,61)62)30-44(46)35-64)33-58(49)66-54-10-6-4-8-48(54)52-32-42(22-28-57(52)66)40-18-13-37(2)14-19-40/h3-33H,1-2H3. The summed E-state index contributed by atoms with van der Waals surface area (Å²) in [6, 6.07) is 65.7. The van der Waals surface area contributed by atoms with Gasteiger partial charge in [-0.15, -0.1) is 0 Å². The Bertz CT molecular complexity index is 3840. The molecule has 0 bridgehead atoms. The predicted octanol–water partition coefficient (Wildman–Crippen LogP) is 15.9. The zero-order chi connectivity index (χ0) is 45.3. The lowest BCUT2D eigenvalue weighted by molar-refractivity contribution is -0.137. The number of aromatic nitrogens is 2. The van der Waals surface area contributed by atoms with Crippen molar-refractivity contribution in [3.8, 4) is 68.0 Å². The second-order valence-corrected chi connectivity index (χ2v) is 16.8. The van der Waals surface area contributed by atoms with Gasteiger partial charge >= 0.3 is 6.18 Å². The van der Waals surface area contributed by atoms with Gasteiger partial charge < -0.3 is 9.13 Å². The summed E-state index contributed by atoms with van der Waals surface area (Å²) in [7, 11) is 0. The van der Waals surface area contributed by atoms with Crippen LogP contribution in [0.15, 0.2) is 188 Å². The molecule has 0 N–H and O–H groups in total. The first-order valence-corrected chi connectivity index (χ1v) is 21.6. The van der Waals surface area contributed by atoms with Crippen molar-refractivity contribution < 1.29 is 13.2 Å². The molecule has 2 aromatic heterocycles. The minimum absolute atomic E-state index is 0.0871. The number of hydrogen-bond acceptors (Lipinski definition) is 2. The third-order valence-corrected chi connectivity index (χ3v) is 12.8. The maximum absolute atomic E-state index is 14.0. The van der Waals surface area contributed by atoms with Gasteiger partial charge in [0.2, 0.25) is 0 Å². The van der Waals surface area contributed by atoms with Gasteiger partial charge in [0.1, 0.15) is 0 Å². The van der Waals surface area contributed by atoms with Gasteiger partial charge in [-0.05, 0) is 120 Å². The highest BCUT2D eigenvalue weighted by Gasteiger charge is 2.31. The second-order valence-electron chi connectivity index (χ2n) is 16.8. The normalized spacial score (nSPS) is 11.7. The van der Waals surface area contributed by atoms with E-state index < -0.39 is 11.7 Å². The van der Waals surface area contributed by atoms with E-state index in [9.17, 15) is 23.7 Å². The van der Waals surface area contributed by atoms with Gasteiger partial charge in [-0.3, -0.25) is 0 Å². The van der Waals surface area contributed by atoms with E-state index >= 15 is 0 Å². The number of hydrogen-bond donors (Lipinski definition) is 0. The Labute approximate surface area is 378 Å². The molecule has 0 radical (unpaired) electrons. The molecule has 0 aliphatic heterocycles. The van der Waals surface area contributed by atoms with Crippen molar-refractivity contribution in [2.75, 3.05) is 0 Å². The molecule has 0 saturated heterocycles. The number of fused-ring (bicyclic) bond motifs is 6. The van der Waals surface area contributed by atoms with Crippen LogP contribution in [0.3, 0.4) is 0 Å². The molecule has 0 atom stereocenters. The maximum Gasteiger partial charge on any atom is 0.416 e. The smallest absolute Gasteiger partial charge is 0.309 e. The summed E-state index contributed by atoms with van der Waals surface area (Å²) in [5.74, 6) is 0. The number of halogens is 3. The molecule has 0 fully saturated rings. The van der Waals surface area contributed by atoms with Crippen LogP contribution in [0.25, 0.3) is 99.5 Å². The van der Waals surface area contributed by atoms with Crippen molar-refractivity contribution in [1.82, 2.24) is 9.13 Å². The summed E-state index contributed by atoms with van der Waals surface area (Å²) in [6.45, 7) is 4.15. The zero-order valence-corrected chi connectivity index (χ0v) is 35.8. The average Bonchev–Trinajstić information content (AvgIpc) is 3.85. The Morgan fingerprint density at radius 2 is 0.894 bits per heavy atom. The Kier molecular flexibility index (Phi) is 9.46. The summed E-state index contributed by atoms with van der Waals surface area (Å²) in [5.41, 5.74) is 14.1. The van der Waals surface area contributed by atoms with Crippen molar-refractivity contribution in [2.45, 2.75) is 20.0 Å². The molecule has 4 nitrogen and oxygen atoms in total. The number of nitrogens with zero attached hydrogens (tertiary/aromatic N) is 4. The molecule has 314 valence electrons. The topological polar surface area (TPSA) is 57.4 Å². The Hall–Kier alpha value is -8.65. The fourth-order valence-corrected chi connectivity index (χ4v) is 9.51. The van der Waals surface area contributed by atoms with E-state index in [0.717, 1.165) is 100 Å². The lowest BCUT2D eigenvalue weighted by atomic mass is 9.93. The lowest BCUT2D eigenvalue weighted by Gasteiger charge is -2.20. The van der Waals surface area contributed by atoms with E-state index in [2.05, 4.69) is 138 Å². The molecule has 11 rings (SSSR count). The van der Waals surface area contributed by atoms with Crippen molar-refractivity contribution in [2.24, 2.45) is 0 Å². The van der Waals surface area contributed by atoms with Crippen LogP contribution in [0, 0.1) is 36.5 Å². The number of para-hydroxylation sites is 2. The summed E-state index contributed by atoms with van der Waals surface area (Å²) in [4.78, 5) is 0. The monoisotopic (exact) mass is 858 g/mol. The van der Waals surface area contributed by atoms with Gasteiger partial charge in [0.25, 0.3) is 0 Å². The van der Waals surface area contributed by atoms with Gasteiger partial charge in [-0.2, -0.15) is 23.7 Å². The molecule has 0 unspecified atom stereocenters. The van der Waals surface area contributed by atoms with E-state index in [4.69, 9.17) is 0 Å². The molecule has 0 spiro atoms. The largest absolute Gasteiger partial charge is 0.416 e. The van der Waals surface area contributed by atoms with Crippen molar-refractivity contribution >= 4 is 43.6 Å². The Morgan fingerprint density at radius 1 is 0.394 bits per heavy atom. The predicted molar refractivity (Wildman–Crippen MR) is 261 cm³/mol. The highest BCUT2D eigenvalue weighted by molar-refractivity contribution is 6.13. The number of alkyl halides is 3. The Balaban J connectivity index is 1.21. The van der Waals surface area contributed by atoms with Gasteiger partial charge in [0.05, 0.1) is 62.3 Å². The van der Waals surface area contributed by atoms with Crippen LogP contribution in [0.1, 0.15) is 27.8 Å². The van der Waals surface area contributed by atoms with E-state index in [1.54, 1.807) is 0 Å². The van der Waals surface area contributed by atoms with E-state index in [1.165, 1.54) is 17.2 Å². The van der Waals surface area contributed by atoms with E-state index in [-0.39, 0.29) is 5.56 Å². The van der Waals surface area contributed by atoms with Crippen LogP contribution in [0.4, 0.5) is 13.2 Å². The molecule has 0 amide bonds. The van der Waals surface area contributed by atoms with Crippen LogP contribution in [-0.4, -0.2) is 9.13 Å². The summed E-state index contributed by atoms with van der Waals surface area (Å²) < 4.78 is 46.3. The number of benzene rings is 9. The quantitative estimate of drug-likeness (QED) is 0.167. The third kappa shape index (κ3) is 6.69. The molecule has 0 aliphatic rings. The first-order valence-electron chi connectivity index (χ1n) is 21.6. The average molecular weight is 859 g/mol. The summed E-state index contributed by atoms with van der Waals surface area (Å²) in [5, 5.41) is 24.9. The van der Waals surface area contributed by atoms with Crippen molar-refractivity contribution in [3.05, 3.63) is 216 Å². The van der Waals surface area contributed by atoms with Gasteiger partial charge in [0, 0.05) is 32.7 Å². The lowest BCUT2D eigenvalue weighted by Crippen LogP contribution is -2.05. The Morgan fingerprint density at radius 3 is 1.44 bits per heavy atom. The van der Waals surface area contributed by atoms with Crippen LogP contribution in [-0.2, 0) is 6.18 Å². The van der Waals surface area contributed by atoms with Crippen LogP contribution in [0.2, 0.25) is 0 Å². The number of nitriles is 2. The van der Waals surface area contributed by atoms with Crippen LogP contribution >= 0.6 is 0 Å². The SMILES string of the molecule is Cc1ccc(-c2ccc3c(c2)c2ccccc2n3-c2ccc(C#N)cc2-c2ccc(-c3ccc(C(F)(F)F)cc3C#N)cc2-n2c3ccccc3c3cc(-c4ccc(C)cc4)ccc32)cc1. The highest BCUT2D eigenvalue weighted by Crippen LogP contribution is 2.44. The van der Waals surface area contributed by atoms with Crippen LogP contribution < -0.4 is 0 Å². The second kappa shape index (κ2) is 15.6. The first-order chi connectivity index (χ1) is 32.1. The van der Waals surface area contributed by atoms with E-state index in [1.807, 2.05) is 66.7 Å². The minimum Gasteiger partial charge on any atom is -0.309 e. The molecular weight excluding hydrogens is 822 g/mol. The van der Waals surface area contributed by atoms with Crippen molar-refractivity contribution in [1.29, 1.82) is 10.5 Å². The molecule has 0 aliphatic carbocycles. The highest BCUT2D eigenvalue weighted by atomic mass is 19.4. The van der Waals surface area contributed by atoms with Gasteiger partial charge in [-0.1, -0.05) is 126 Å². The van der Waals surface area contributed by atoms with Gasteiger partial charge in [0.15, 0.2) is 0 Å². The summed E-state index contributed by atoms with van der Waals surface area (Å²) in [6.07, 6.45) is -4.61. The fraction of sp³-hybridized carbons (Fsp3) is 0.0508. The number of rotatable bonds is 6. The van der Waals surface area contributed by atoms with E-state index in [0.29, 0.717) is 16.7 Å². The molecule has 66 heavy (non-hydrogen) atoms. The summed E-state index contributed by atoms with van der Waals surface area (Å²) >= 11 is 0. The van der Waals surface area contributed by atoms with Crippen LogP contribution in [0.5, 0.6) is 0 Å². The van der Waals surface area contributed by atoms with Gasteiger partial charge in [-0.25, -0.2) is 0 Å². The molecule has 2 heterocycles. The molecule has 0 saturated carbocycles. The molecular formula is C59H37F3N4. The molecule has 7 heteroatoms. The van der Waals surface area contributed by atoms with Crippen molar-refractivity contribution in [3.63, 3.8) is 0 Å². The molecule has 11 aromatic rings. The minimum atomic E-state index is -4.61. The molecule has 9 aromatic carbocycles. The fourth-order valence-electron chi connectivity index (χ4n) is 9.51. The third-order valence-electron chi connectivity index (χ3n) is 12.8. The maximum atomic E-state index is 14.0.